The van der Waals surface area contributed by atoms with Crippen molar-refractivity contribution < 1.29 is 13.2 Å². The van der Waals surface area contributed by atoms with E-state index in [0.717, 1.165) is 18.7 Å². The molecule has 0 radical (unpaired) electrons. The lowest BCUT2D eigenvalue weighted by molar-refractivity contribution is 0.0949. The number of rotatable bonds is 5. The third-order valence-electron chi connectivity index (χ3n) is 4.47. The van der Waals surface area contributed by atoms with Gasteiger partial charge in [-0.25, -0.2) is 13.6 Å². The van der Waals surface area contributed by atoms with E-state index in [1.54, 1.807) is 6.33 Å². The van der Waals surface area contributed by atoms with Gasteiger partial charge in [-0.1, -0.05) is 19.3 Å². The number of hydrogen-bond acceptors (Lipinski definition) is 5. The first kappa shape index (κ1) is 17.6. The van der Waals surface area contributed by atoms with E-state index in [9.17, 15) is 13.2 Å². The highest BCUT2D eigenvalue weighted by molar-refractivity contribution is 7.89. The van der Waals surface area contributed by atoms with Crippen molar-refractivity contribution in [2.24, 2.45) is 5.14 Å². The number of nitrogens with zero attached hydrogens (tertiary/aromatic N) is 3. The largest absolute Gasteiger partial charge is 0.345 e. The van der Waals surface area contributed by atoms with Crippen LogP contribution in [0.5, 0.6) is 0 Å². The van der Waals surface area contributed by atoms with Gasteiger partial charge in [0.25, 0.3) is 5.91 Å². The fourth-order valence-electron chi connectivity index (χ4n) is 3.11. The molecule has 1 aromatic heterocycles. The van der Waals surface area contributed by atoms with Crippen molar-refractivity contribution in [3.63, 3.8) is 0 Å². The zero-order chi connectivity index (χ0) is 17.9. The Balaban J connectivity index is 1.64. The molecule has 3 rings (SSSR count). The van der Waals surface area contributed by atoms with Crippen molar-refractivity contribution in [3.8, 4) is 0 Å². The molecule has 1 heterocycles. The van der Waals surface area contributed by atoms with E-state index in [4.69, 9.17) is 5.14 Å². The minimum atomic E-state index is -3.76. The van der Waals surface area contributed by atoms with Crippen LogP contribution in [0.1, 0.15) is 54.3 Å². The van der Waals surface area contributed by atoms with E-state index < -0.39 is 10.0 Å². The Morgan fingerprint density at radius 1 is 1.20 bits per heavy atom. The molecule has 9 heteroatoms. The van der Waals surface area contributed by atoms with Crippen molar-refractivity contribution in [2.75, 3.05) is 0 Å². The van der Waals surface area contributed by atoms with Crippen molar-refractivity contribution in [1.29, 1.82) is 0 Å². The Morgan fingerprint density at radius 2 is 1.88 bits per heavy atom. The maximum atomic E-state index is 12.2. The molecule has 8 nitrogen and oxygen atoms in total. The minimum Gasteiger partial charge on any atom is -0.345 e. The number of benzene rings is 1. The summed E-state index contributed by atoms with van der Waals surface area (Å²) in [6.45, 7) is 0.270. The van der Waals surface area contributed by atoms with Crippen LogP contribution in [0.25, 0.3) is 0 Å². The van der Waals surface area contributed by atoms with E-state index in [0.29, 0.717) is 11.6 Å². The van der Waals surface area contributed by atoms with E-state index >= 15 is 0 Å². The smallest absolute Gasteiger partial charge is 0.251 e. The standard InChI is InChI=1S/C16H21N5O3S/c17-25(23,24)14-8-6-12(7-9-14)16(22)18-10-15-20-19-11-21(15)13-4-2-1-3-5-13/h6-9,11,13H,1-5,10H2,(H,18,22)(H2,17,23,24). The number of aromatic nitrogens is 3. The van der Waals surface area contributed by atoms with Crippen molar-refractivity contribution in [3.05, 3.63) is 42.0 Å². The lowest BCUT2D eigenvalue weighted by Crippen LogP contribution is -2.26. The molecule has 1 fully saturated rings. The SMILES string of the molecule is NS(=O)(=O)c1ccc(C(=O)NCc2nncn2C2CCCCC2)cc1. The third-order valence-corrected chi connectivity index (χ3v) is 5.40. The predicted molar refractivity (Wildman–Crippen MR) is 91.1 cm³/mol. The lowest BCUT2D eigenvalue weighted by Gasteiger charge is -2.24. The average Bonchev–Trinajstić information content (AvgIpc) is 3.08. The summed E-state index contributed by atoms with van der Waals surface area (Å²) in [5.41, 5.74) is 0.358. The number of nitrogens with one attached hydrogen (secondary N) is 1. The number of nitrogens with two attached hydrogens (primary N) is 1. The van der Waals surface area contributed by atoms with Gasteiger partial charge < -0.3 is 9.88 Å². The van der Waals surface area contributed by atoms with Crippen molar-refractivity contribution in [2.45, 2.75) is 49.6 Å². The van der Waals surface area contributed by atoms with Gasteiger partial charge in [0.15, 0.2) is 5.82 Å². The first-order chi connectivity index (χ1) is 11.9. The molecule has 134 valence electrons. The molecule has 0 spiro atoms. The second-order valence-corrected chi connectivity index (χ2v) is 7.76. The molecule has 1 saturated carbocycles. The minimum absolute atomic E-state index is 0.0268. The van der Waals surface area contributed by atoms with Gasteiger partial charge in [0.2, 0.25) is 10.0 Å². The zero-order valence-electron chi connectivity index (χ0n) is 13.8. The summed E-state index contributed by atoms with van der Waals surface area (Å²) in [4.78, 5) is 12.2. The van der Waals surface area contributed by atoms with E-state index in [1.807, 2.05) is 4.57 Å². The highest BCUT2D eigenvalue weighted by atomic mass is 32.2. The number of hydrogen-bond donors (Lipinski definition) is 2. The van der Waals surface area contributed by atoms with Gasteiger partial charge in [-0.2, -0.15) is 0 Å². The van der Waals surface area contributed by atoms with Crippen LogP contribution in [-0.4, -0.2) is 29.1 Å². The normalized spacial score (nSPS) is 15.9. The van der Waals surface area contributed by atoms with Gasteiger partial charge in [-0.15, -0.1) is 10.2 Å². The molecular formula is C16H21N5O3S. The summed E-state index contributed by atoms with van der Waals surface area (Å²) in [5.74, 6) is 0.417. The van der Waals surface area contributed by atoms with Crippen LogP contribution in [0.15, 0.2) is 35.5 Å². The van der Waals surface area contributed by atoms with Crippen molar-refractivity contribution >= 4 is 15.9 Å². The second kappa shape index (κ2) is 7.32. The molecule has 0 saturated heterocycles. The molecule has 0 aliphatic heterocycles. The Bertz CT molecular complexity index is 839. The summed E-state index contributed by atoms with van der Waals surface area (Å²) in [6, 6.07) is 5.88. The predicted octanol–water partition coefficient (Wildman–Crippen LogP) is 1.36. The number of carbonyl (C=O) groups is 1. The van der Waals surface area contributed by atoms with Gasteiger partial charge in [-0.05, 0) is 37.1 Å². The number of sulfonamides is 1. The summed E-state index contributed by atoms with van der Waals surface area (Å²) in [5, 5.41) is 15.9. The molecule has 0 unspecified atom stereocenters. The average molecular weight is 363 g/mol. The van der Waals surface area contributed by atoms with Crippen LogP contribution in [0.4, 0.5) is 0 Å². The molecule has 1 aliphatic carbocycles. The number of primary sulfonamides is 1. The Hall–Kier alpha value is -2.26. The van der Waals surface area contributed by atoms with Crippen LogP contribution >= 0.6 is 0 Å². The van der Waals surface area contributed by atoms with E-state index in [-0.39, 0.29) is 17.3 Å². The maximum Gasteiger partial charge on any atom is 0.251 e. The molecule has 2 aromatic rings. The molecule has 0 bridgehead atoms. The van der Waals surface area contributed by atoms with Gasteiger partial charge in [0.05, 0.1) is 11.4 Å². The Labute approximate surface area is 146 Å². The van der Waals surface area contributed by atoms with Crippen LogP contribution in [-0.2, 0) is 16.6 Å². The van der Waals surface area contributed by atoms with Crippen LogP contribution in [0.3, 0.4) is 0 Å². The van der Waals surface area contributed by atoms with Crippen molar-refractivity contribution in [1.82, 2.24) is 20.1 Å². The third kappa shape index (κ3) is 4.23. The second-order valence-electron chi connectivity index (χ2n) is 6.20. The fraction of sp³-hybridized carbons (Fsp3) is 0.438. The lowest BCUT2D eigenvalue weighted by atomic mass is 9.95. The Kier molecular flexibility index (Phi) is 5.14. The highest BCUT2D eigenvalue weighted by Gasteiger charge is 2.19. The van der Waals surface area contributed by atoms with Gasteiger partial charge in [-0.3, -0.25) is 4.79 Å². The highest BCUT2D eigenvalue weighted by Crippen LogP contribution is 2.28. The molecular weight excluding hydrogens is 342 g/mol. The molecule has 3 N–H and O–H groups in total. The number of amides is 1. The van der Waals surface area contributed by atoms with Crippen LogP contribution in [0, 0.1) is 0 Å². The maximum absolute atomic E-state index is 12.2. The fourth-order valence-corrected chi connectivity index (χ4v) is 3.63. The van der Waals surface area contributed by atoms with Gasteiger partial charge in [0.1, 0.15) is 6.33 Å². The molecule has 0 atom stereocenters. The first-order valence-corrected chi connectivity index (χ1v) is 9.79. The molecule has 25 heavy (non-hydrogen) atoms. The Morgan fingerprint density at radius 3 is 2.52 bits per heavy atom. The van der Waals surface area contributed by atoms with Crippen LogP contribution < -0.4 is 10.5 Å². The van der Waals surface area contributed by atoms with Gasteiger partial charge in [0, 0.05) is 11.6 Å². The van der Waals surface area contributed by atoms with E-state index in [1.165, 1.54) is 43.5 Å². The summed E-state index contributed by atoms with van der Waals surface area (Å²) >= 11 is 0. The van der Waals surface area contributed by atoms with E-state index in [2.05, 4.69) is 15.5 Å². The topological polar surface area (TPSA) is 120 Å². The molecule has 1 aromatic carbocycles. The van der Waals surface area contributed by atoms with Gasteiger partial charge >= 0.3 is 0 Å². The summed E-state index contributed by atoms with van der Waals surface area (Å²) in [7, 11) is -3.76. The first-order valence-electron chi connectivity index (χ1n) is 8.24. The summed E-state index contributed by atoms with van der Waals surface area (Å²) < 4.78 is 24.5. The molecule has 1 aliphatic rings. The molecule has 1 amide bonds. The number of carbonyl (C=O) groups excluding carboxylic acids is 1. The van der Waals surface area contributed by atoms with Crippen LogP contribution in [0.2, 0.25) is 0 Å². The monoisotopic (exact) mass is 363 g/mol. The summed E-state index contributed by atoms with van der Waals surface area (Å²) in [6.07, 6.45) is 7.59. The quantitative estimate of drug-likeness (QED) is 0.831. The zero-order valence-corrected chi connectivity index (χ0v) is 14.6.